The molecule has 0 spiro atoms. The lowest BCUT2D eigenvalue weighted by Crippen LogP contribution is -2.41. The van der Waals surface area contributed by atoms with Crippen LogP contribution in [0.2, 0.25) is 0 Å². The quantitative estimate of drug-likeness (QED) is 0.611. The third kappa shape index (κ3) is 3.39. The molecule has 6 heteroatoms. The Morgan fingerprint density at radius 1 is 1.10 bits per heavy atom. The Morgan fingerprint density at radius 3 is 2.24 bits per heavy atom. The van der Waals surface area contributed by atoms with E-state index in [1.807, 2.05) is 46.8 Å². The first kappa shape index (κ1) is 16.3. The van der Waals surface area contributed by atoms with Crippen molar-refractivity contribution in [3.05, 3.63) is 17.8 Å². The summed E-state index contributed by atoms with van der Waals surface area (Å²) in [4.78, 5) is 4.45. The molecule has 1 aliphatic heterocycles. The first-order valence-electron chi connectivity index (χ1n) is 7.22. The number of nitrogens with zero attached hydrogens (tertiary/aromatic N) is 1. The average Bonchev–Trinajstić information content (AvgIpc) is 2.58. The zero-order chi connectivity index (χ0) is 15.7. The summed E-state index contributed by atoms with van der Waals surface area (Å²) >= 11 is 0. The highest BCUT2D eigenvalue weighted by Gasteiger charge is 2.52. The van der Waals surface area contributed by atoms with Crippen LogP contribution in [0.5, 0.6) is 5.88 Å². The normalized spacial score (nSPS) is 19.8. The van der Waals surface area contributed by atoms with Crippen molar-refractivity contribution in [1.29, 1.82) is 0 Å². The monoisotopic (exact) mass is 293 g/mol. The van der Waals surface area contributed by atoms with Gasteiger partial charge in [-0.15, -0.1) is 0 Å². The standard InChI is InChI=1S/C15H24BNO4/c1-11-12(7-8-13(17-11)19-10-9-18-6)16-20-14(2,3)15(4,5)21-16/h7-8H,9-10H2,1-6H3. The summed E-state index contributed by atoms with van der Waals surface area (Å²) in [6.07, 6.45) is 0. The number of methoxy groups -OCH3 is 1. The Bertz CT molecular complexity index is 488. The molecule has 0 atom stereocenters. The van der Waals surface area contributed by atoms with Gasteiger partial charge >= 0.3 is 7.12 Å². The van der Waals surface area contributed by atoms with Gasteiger partial charge in [0.25, 0.3) is 0 Å². The van der Waals surface area contributed by atoms with Crippen molar-refractivity contribution in [2.75, 3.05) is 20.3 Å². The van der Waals surface area contributed by atoms with Gasteiger partial charge in [0.2, 0.25) is 5.88 Å². The molecule has 2 heterocycles. The molecule has 0 aliphatic carbocycles. The van der Waals surface area contributed by atoms with Gasteiger partial charge in [0.1, 0.15) is 6.61 Å². The Kier molecular flexibility index (Phi) is 4.61. The summed E-state index contributed by atoms with van der Waals surface area (Å²) in [5.74, 6) is 0.588. The number of aromatic nitrogens is 1. The first-order chi connectivity index (χ1) is 9.77. The summed E-state index contributed by atoms with van der Waals surface area (Å²) in [7, 11) is 1.25. The highest BCUT2D eigenvalue weighted by Crippen LogP contribution is 2.36. The Labute approximate surface area is 127 Å². The molecule has 1 aromatic heterocycles. The molecule has 0 saturated carbocycles. The van der Waals surface area contributed by atoms with Crippen LogP contribution in [0, 0.1) is 6.92 Å². The summed E-state index contributed by atoms with van der Waals surface area (Å²) in [6, 6.07) is 3.79. The van der Waals surface area contributed by atoms with Crippen molar-refractivity contribution in [1.82, 2.24) is 4.98 Å². The van der Waals surface area contributed by atoms with E-state index in [1.165, 1.54) is 0 Å². The second-order valence-corrected chi connectivity index (χ2v) is 6.25. The van der Waals surface area contributed by atoms with Crippen molar-refractivity contribution in [2.45, 2.75) is 45.8 Å². The smallest absolute Gasteiger partial charge is 0.475 e. The molecule has 1 aromatic rings. The zero-order valence-corrected chi connectivity index (χ0v) is 13.7. The largest absolute Gasteiger partial charge is 0.496 e. The molecule has 116 valence electrons. The van der Waals surface area contributed by atoms with Crippen molar-refractivity contribution in [3.63, 3.8) is 0 Å². The third-order valence-electron chi connectivity index (χ3n) is 4.15. The van der Waals surface area contributed by atoms with Gasteiger partial charge in [-0.2, -0.15) is 0 Å². The highest BCUT2D eigenvalue weighted by atomic mass is 16.7. The second kappa shape index (κ2) is 5.95. The van der Waals surface area contributed by atoms with E-state index < -0.39 is 7.12 Å². The van der Waals surface area contributed by atoms with Crippen LogP contribution in [0.4, 0.5) is 0 Å². The van der Waals surface area contributed by atoms with E-state index in [2.05, 4.69) is 4.98 Å². The van der Waals surface area contributed by atoms with Gasteiger partial charge in [0, 0.05) is 18.3 Å². The minimum atomic E-state index is -0.393. The van der Waals surface area contributed by atoms with Crippen molar-refractivity contribution in [3.8, 4) is 5.88 Å². The number of hydrogen-bond donors (Lipinski definition) is 0. The van der Waals surface area contributed by atoms with Crippen LogP contribution in [0.25, 0.3) is 0 Å². The molecule has 0 amide bonds. The average molecular weight is 293 g/mol. The number of hydrogen-bond acceptors (Lipinski definition) is 5. The number of rotatable bonds is 5. The van der Waals surface area contributed by atoms with Crippen LogP contribution in [-0.4, -0.2) is 43.6 Å². The number of ether oxygens (including phenoxy) is 2. The third-order valence-corrected chi connectivity index (χ3v) is 4.15. The topological polar surface area (TPSA) is 49.8 Å². The fraction of sp³-hybridized carbons (Fsp3) is 0.667. The van der Waals surface area contributed by atoms with E-state index >= 15 is 0 Å². The summed E-state index contributed by atoms with van der Waals surface area (Å²) in [5, 5.41) is 0. The predicted octanol–water partition coefficient (Wildman–Crippen LogP) is 1.71. The lowest BCUT2D eigenvalue weighted by molar-refractivity contribution is 0.00578. The van der Waals surface area contributed by atoms with Crippen molar-refractivity contribution >= 4 is 12.6 Å². The van der Waals surface area contributed by atoms with Crippen LogP contribution in [0.3, 0.4) is 0 Å². The fourth-order valence-electron chi connectivity index (χ4n) is 2.08. The highest BCUT2D eigenvalue weighted by molar-refractivity contribution is 6.62. The molecule has 21 heavy (non-hydrogen) atoms. The van der Waals surface area contributed by atoms with E-state index in [0.717, 1.165) is 11.2 Å². The second-order valence-electron chi connectivity index (χ2n) is 6.25. The van der Waals surface area contributed by atoms with Crippen LogP contribution < -0.4 is 10.2 Å². The molecule has 0 aromatic carbocycles. The van der Waals surface area contributed by atoms with Gasteiger partial charge in [-0.25, -0.2) is 4.98 Å². The number of aryl methyl sites for hydroxylation is 1. The van der Waals surface area contributed by atoms with Gasteiger partial charge in [-0.05, 0) is 40.7 Å². The minimum absolute atomic E-state index is 0.349. The van der Waals surface area contributed by atoms with Crippen LogP contribution in [0.1, 0.15) is 33.4 Å². The number of pyridine rings is 1. The summed E-state index contributed by atoms with van der Waals surface area (Å²) in [5.41, 5.74) is 1.09. The van der Waals surface area contributed by atoms with Gasteiger partial charge in [-0.3, -0.25) is 0 Å². The summed E-state index contributed by atoms with van der Waals surface area (Å²) < 4.78 is 22.6. The molecule has 0 bridgehead atoms. The maximum absolute atomic E-state index is 6.05. The Balaban J connectivity index is 2.12. The molecule has 1 saturated heterocycles. The lowest BCUT2D eigenvalue weighted by Gasteiger charge is -2.32. The van der Waals surface area contributed by atoms with E-state index in [-0.39, 0.29) is 11.2 Å². The minimum Gasteiger partial charge on any atom is -0.475 e. The van der Waals surface area contributed by atoms with Crippen molar-refractivity contribution < 1.29 is 18.8 Å². The fourth-order valence-corrected chi connectivity index (χ4v) is 2.08. The van der Waals surface area contributed by atoms with Crippen LogP contribution in [-0.2, 0) is 14.0 Å². The SMILES string of the molecule is COCCOc1ccc(B2OC(C)(C)C(C)(C)O2)c(C)n1. The maximum atomic E-state index is 6.05. The first-order valence-corrected chi connectivity index (χ1v) is 7.22. The molecule has 1 aliphatic rings. The Morgan fingerprint density at radius 2 is 1.71 bits per heavy atom. The summed E-state index contributed by atoms with van der Waals surface area (Å²) in [6.45, 7) is 11.1. The van der Waals surface area contributed by atoms with E-state index in [0.29, 0.717) is 19.1 Å². The lowest BCUT2D eigenvalue weighted by atomic mass is 9.78. The van der Waals surface area contributed by atoms with Crippen LogP contribution >= 0.6 is 0 Å². The van der Waals surface area contributed by atoms with E-state index in [9.17, 15) is 0 Å². The molecule has 0 N–H and O–H groups in total. The van der Waals surface area contributed by atoms with Gasteiger partial charge in [0.15, 0.2) is 0 Å². The van der Waals surface area contributed by atoms with Gasteiger partial charge < -0.3 is 18.8 Å². The molecular formula is C15H24BNO4. The van der Waals surface area contributed by atoms with Gasteiger partial charge in [-0.1, -0.05) is 6.07 Å². The molecule has 5 nitrogen and oxygen atoms in total. The van der Waals surface area contributed by atoms with Gasteiger partial charge in [0.05, 0.1) is 17.8 Å². The van der Waals surface area contributed by atoms with E-state index in [4.69, 9.17) is 18.8 Å². The van der Waals surface area contributed by atoms with E-state index in [1.54, 1.807) is 7.11 Å². The molecule has 1 fully saturated rings. The molecule has 0 unspecified atom stereocenters. The zero-order valence-electron chi connectivity index (χ0n) is 13.7. The van der Waals surface area contributed by atoms with Crippen LogP contribution in [0.15, 0.2) is 12.1 Å². The molecule has 0 radical (unpaired) electrons. The van der Waals surface area contributed by atoms with Crippen molar-refractivity contribution in [2.24, 2.45) is 0 Å². The maximum Gasteiger partial charge on any atom is 0.496 e. The Hall–Kier alpha value is -1.11. The predicted molar refractivity (Wildman–Crippen MR) is 82.1 cm³/mol. The molecule has 2 rings (SSSR count). The molecular weight excluding hydrogens is 269 g/mol.